The van der Waals surface area contributed by atoms with Gasteiger partial charge in [0.05, 0.1) is 13.2 Å². The molecule has 1 saturated carbocycles. The van der Waals surface area contributed by atoms with Gasteiger partial charge >= 0.3 is 0 Å². The second kappa shape index (κ2) is 9.63. The van der Waals surface area contributed by atoms with Crippen LogP contribution in [0, 0.1) is 6.92 Å². The number of ether oxygens (including phenoxy) is 1. The molecule has 1 aromatic rings. The number of hydrogen-bond acceptors (Lipinski definition) is 2. The highest BCUT2D eigenvalue weighted by molar-refractivity contribution is 5.51. The molecule has 3 heteroatoms. The van der Waals surface area contributed by atoms with Gasteiger partial charge in [0.2, 0.25) is 0 Å². The number of morpholine rings is 1. The average molecular weight is 385 g/mol. The number of hydrogen-bond donors (Lipinski definition) is 0. The van der Waals surface area contributed by atoms with E-state index in [0.717, 1.165) is 19.3 Å². The second-order valence-electron chi connectivity index (χ2n) is 9.39. The van der Waals surface area contributed by atoms with Crippen molar-refractivity contribution < 1.29 is 4.74 Å². The molecule has 2 aliphatic heterocycles. The highest BCUT2D eigenvalue weighted by Crippen LogP contribution is 2.39. The van der Waals surface area contributed by atoms with Crippen molar-refractivity contribution in [3.63, 3.8) is 0 Å². The molecule has 3 aliphatic rings. The first-order valence-corrected chi connectivity index (χ1v) is 11.9. The fourth-order valence-electron chi connectivity index (χ4n) is 6.12. The molecular formula is C25H40N2O. The molecule has 2 saturated heterocycles. The van der Waals surface area contributed by atoms with E-state index in [9.17, 15) is 0 Å². The maximum atomic E-state index is 6.05. The van der Waals surface area contributed by atoms with Crippen molar-refractivity contribution in [3.8, 4) is 0 Å². The Morgan fingerprint density at radius 3 is 2.07 bits per heavy atom. The molecule has 3 fully saturated rings. The van der Waals surface area contributed by atoms with Gasteiger partial charge in [0, 0.05) is 36.1 Å². The molecule has 2 bridgehead atoms. The van der Waals surface area contributed by atoms with Crippen LogP contribution >= 0.6 is 0 Å². The smallest absolute Gasteiger partial charge is 0.0623 e. The first-order valence-electron chi connectivity index (χ1n) is 11.9. The molecule has 28 heavy (non-hydrogen) atoms. The first kappa shape index (κ1) is 20.2. The van der Waals surface area contributed by atoms with Gasteiger partial charge in [-0.1, -0.05) is 57.1 Å². The van der Waals surface area contributed by atoms with Crippen LogP contribution in [0.15, 0.2) is 18.3 Å². The summed E-state index contributed by atoms with van der Waals surface area (Å²) in [6.07, 6.45) is 22.1. The molecular weight excluding hydrogens is 344 g/mol. The third-order valence-electron chi connectivity index (χ3n) is 7.51. The van der Waals surface area contributed by atoms with Crippen molar-refractivity contribution in [2.45, 2.75) is 109 Å². The Hall–Kier alpha value is -1.06. The molecule has 4 rings (SSSR count). The number of allylic oxidation sites excluding steroid dienone is 1. The lowest BCUT2D eigenvalue weighted by Gasteiger charge is -2.52. The third kappa shape index (κ3) is 4.41. The molecule has 1 aliphatic carbocycles. The van der Waals surface area contributed by atoms with Crippen molar-refractivity contribution >= 4 is 6.08 Å². The summed E-state index contributed by atoms with van der Waals surface area (Å²) in [5.41, 5.74) is 2.80. The van der Waals surface area contributed by atoms with E-state index in [2.05, 4.69) is 47.7 Å². The maximum Gasteiger partial charge on any atom is 0.0623 e. The van der Waals surface area contributed by atoms with Crippen LogP contribution in [0.4, 0.5) is 0 Å². The van der Waals surface area contributed by atoms with E-state index in [-0.39, 0.29) is 0 Å². The van der Waals surface area contributed by atoms with Gasteiger partial charge in [-0.3, -0.25) is 4.90 Å². The van der Waals surface area contributed by atoms with Crippen LogP contribution in [0.2, 0.25) is 0 Å². The van der Waals surface area contributed by atoms with Crippen LogP contribution in [0.3, 0.4) is 0 Å². The summed E-state index contributed by atoms with van der Waals surface area (Å²) < 4.78 is 8.62. The lowest BCUT2D eigenvalue weighted by atomic mass is 9.85. The summed E-state index contributed by atoms with van der Waals surface area (Å²) >= 11 is 0. The van der Waals surface area contributed by atoms with E-state index in [4.69, 9.17) is 4.74 Å². The summed E-state index contributed by atoms with van der Waals surface area (Å²) in [5.74, 6) is 0. The highest BCUT2D eigenvalue weighted by Gasteiger charge is 2.42. The summed E-state index contributed by atoms with van der Waals surface area (Å²) in [6.45, 7) is 6.27. The summed E-state index contributed by atoms with van der Waals surface area (Å²) in [5, 5.41) is 0. The zero-order valence-electron chi connectivity index (χ0n) is 18.1. The minimum atomic E-state index is 0.609. The van der Waals surface area contributed by atoms with Crippen LogP contribution in [-0.2, 0) is 4.74 Å². The van der Waals surface area contributed by atoms with Gasteiger partial charge in [0.25, 0.3) is 0 Å². The largest absolute Gasteiger partial charge is 0.378 e. The summed E-state index contributed by atoms with van der Waals surface area (Å²) in [4.78, 5) is 2.94. The van der Waals surface area contributed by atoms with Crippen molar-refractivity contribution in [1.82, 2.24) is 9.47 Å². The Morgan fingerprint density at radius 1 is 0.857 bits per heavy atom. The molecule has 2 atom stereocenters. The summed E-state index contributed by atoms with van der Waals surface area (Å²) in [7, 11) is 0. The van der Waals surface area contributed by atoms with Crippen molar-refractivity contribution in [3.05, 3.63) is 29.6 Å². The maximum absolute atomic E-state index is 6.05. The predicted octanol–water partition coefficient (Wildman–Crippen LogP) is 6.13. The van der Waals surface area contributed by atoms with E-state index < -0.39 is 0 Å². The molecule has 156 valence electrons. The molecule has 3 nitrogen and oxygen atoms in total. The number of fused-ring (bicyclic) bond motifs is 2. The highest BCUT2D eigenvalue weighted by atomic mass is 16.5. The number of nitrogens with zero attached hydrogens (tertiary/aromatic N) is 2. The molecule has 0 spiro atoms. The van der Waals surface area contributed by atoms with E-state index >= 15 is 0 Å². The fourth-order valence-corrected chi connectivity index (χ4v) is 6.12. The van der Waals surface area contributed by atoms with E-state index in [0.29, 0.717) is 18.1 Å². The molecule has 2 unspecified atom stereocenters. The Kier molecular flexibility index (Phi) is 6.95. The Labute approximate surface area is 172 Å². The van der Waals surface area contributed by atoms with Gasteiger partial charge in [-0.15, -0.1) is 0 Å². The Morgan fingerprint density at radius 2 is 1.46 bits per heavy atom. The van der Waals surface area contributed by atoms with Crippen LogP contribution in [-0.4, -0.2) is 40.8 Å². The minimum absolute atomic E-state index is 0.609. The van der Waals surface area contributed by atoms with E-state index in [1.54, 1.807) is 0 Å². The lowest BCUT2D eigenvalue weighted by molar-refractivity contribution is -0.108. The first-order chi connectivity index (χ1) is 13.8. The van der Waals surface area contributed by atoms with Crippen molar-refractivity contribution in [1.29, 1.82) is 0 Å². The zero-order chi connectivity index (χ0) is 19.3. The number of aromatic nitrogens is 1. The standard InChI is InChI=1S/C25H40N2O/c1-3-11-21-14-15-26(20(21)2)23-16-24-18-28-19-25(17-23)27(24)22-12-9-7-5-4-6-8-10-13-22/h3,11,14-15,22-25H,4-10,12-13,16-19H2,1-2H3. The monoisotopic (exact) mass is 384 g/mol. The van der Waals surface area contributed by atoms with Gasteiger partial charge in [-0.05, 0) is 51.2 Å². The molecule has 0 radical (unpaired) electrons. The summed E-state index contributed by atoms with van der Waals surface area (Å²) in [6, 6.07) is 4.93. The Bertz CT molecular complexity index is 625. The Balaban J connectivity index is 1.48. The van der Waals surface area contributed by atoms with E-state index in [1.165, 1.54) is 81.9 Å². The SMILES string of the molecule is CC=Cc1ccn(C2CC3COCC(C2)N3C2CCCCCCCCC2)c1C. The van der Waals surface area contributed by atoms with Gasteiger partial charge in [-0.25, -0.2) is 0 Å². The minimum Gasteiger partial charge on any atom is -0.378 e. The molecule has 0 aromatic carbocycles. The lowest BCUT2D eigenvalue weighted by Crippen LogP contribution is -2.60. The van der Waals surface area contributed by atoms with Crippen LogP contribution in [0.5, 0.6) is 0 Å². The quantitative estimate of drug-likeness (QED) is 0.624. The van der Waals surface area contributed by atoms with Crippen molar-refractivity contribution in [2.75, 3.05) is 13.2 Å². The van der Waals surface area contributed by atoms with Crippen LogP contribution < -0.4 is 0 Å². The molecule has 0 amide bonds. The van der Waals surface area contributed by atoms with Gasteiger partial charge in [-0.2, -0.15) is 0 Å². The molecule has 0 N–H and O–H groups in total. The average Bonchev–Trinajstić information content (AvgIpc) is 3.06. The van der Waals surface area contributed by atoms with Crippen molar-refractivity contribution in [2.24, 2.45) is 0 Å². The van der Waals surface area contributed by atoms with Gasteiger partial charge < -0.3 is 9.30 Å². The van der Waals surface area contributed by atoms with Crippen LogP contribution in [0.1, 0.15) is 94.9 Å². The topological polar surface area (TPSA) is 17.4 Å². The van der Waals surface area contributed by atoms with Gasteiger partial charge in [0.1, 0.15) is 0 Å². The molecule has 1 aromatic heterocycles. The second-order valence-corrected chi connectivity index (χ2v) is 9.39. The molecule has 3 heterocycles. The normalized spacial score (nSPS) is 31.3. The third-order valence-corrected chi connectivity index (χ3v) is 7.51. The van der Waals surface area contributed by atoms with E-state index in [1.807, 2.05) is 0 Å². The van der Waals surface area contributed by atoms with Crippen LogP contribution in [0.25, 0.3) is 6.08 Å². The van der Waals surface area contributed by atoms with Gasteiger partial charge in [0.15, 0.2) is 0 Å². The fraction of sp³-hybridized carbons (Fsp3) is 0.760. The number of rotatable bonds is 3. The number of piperidine rings is 1. The zero-order valence-corrected chi connectivity index (χ0v) is 18.1. The predicted molar refractivity (Wildman–Crippen MR) is 118 cm³/mol.